The van der Waals surface area contributed by atoms with Gasteiger partial charge < -0.3 is 14.8 Å². The molecule has 1 saturated heterocycles. The summed E-state index contributed by atoms with van der Waals surface area (Å²) < 4.78 is 24.3. The van der Waals surface area contributed by atoms with E-state index in [1.807, 2.05) is 12.1 Å². The van der Waals surface area contributed by atoms with Crippen LogP contribution in [-0.2, 0) is 21.4 Å². The Morgan fingerprint density at radius 3 is 2.46 bits per heavy atom. The van der Waals surface area contributed by atoms with Crippen molar-refractivity contribution in [1.29, 1.82) is 5.26 Å². The van der Waals surface area contributed by atoms with E-state index in [4.69, 9.17) is 14.7 Å². The largest absolute Gasteiger partial charge is 0.484 e. The highest BCUT2D eigenvalue weighted by atomic mass is 19.1. The van der Waals surface area contributed by atoms with Crippen LogP contribution in [0.2, 0.25) is 0 Å². The van der Waals surface area contributed by atoms with Gasteiger partial charge in [-0.1, -0.05) is 24.3 Å². The highest BCUT2D eigenvalue weighted by Gasteiger charge is 2.34. The molecule has 1 aliphatic rings. The number of ether oxygens (including phenoxy) is 2. The Labute approximate surface area is 164 Å². The summed E-state index contributed by atoms with van der Waals surface area (Å²) in [6, 6.07) is 15.7. The van der Waals surface area contributed by atoms with Gasteiger partial charge in [0, 0.05) is 25.2 Å². The summed E-state index contributed by atoms with van der Waals surface area (Å²) in [6.45, 7) is 1.58. The van der Waals surface area contributed by atoms with Crippen LogP contribution in [0.3, 0.4) is 0 Å². The number of rotatable bonds is 7. The molecule has 5 nitrogen and oxygen atoms in total. The number of carbonyl (C=O) groups is 1. The molecule has 1 aliphatic heterocycles. The first kappa shape index (κ1) is 19.8. The van der Waals surface area contributed by atoms with E-state index in [1.165, 1.54) is 12.1 Å². The minimum absolute atomic E-state index is 0.0897. The van der Waals surface area contributed by atoms with Crippen LogP contribution in [0.15, 0.2) is 48.5 Å². The summed E-state index contributed by atoms with van der Waals surface area (Å²) in [4.78, 5) is 12.3. The minimum Gasteiger partial charge on any atom is -0.484 e. The van der Waals surface area contributed by atoms with Crippen molar-refractivity contribution in [2.75, 3.05) is 26.4 Å². The van der Waals surface area contributed by atoms with Crippen molar-refractivity contribution in [3.05, 3.63) is 65.5 Å². The van der Waals surface area contributed by atoms with Gasteiger partial charge in [-0.2, -0.15) is 5.26 Å². The fourth-order valence-electron chi connectivity index (χ4n) is 3.40. The maximum atomic E-state index is 13.3. The van der Waals surface area contributed by atoms with Gasteiger partial charge in [0.15, 0.2) is 6.61 Å². The normalized spacial score (nSPS) is 15.4. The van der Waals surface area contributed by atoms with E-state index < -0.39 is 0 Å². The lowest BCUT2D eigenvalue weighted by Gasteiger charge is -2.38. The highest BCUT2D eigenvalue weighted by Crippen LogP contribution is 2.34. The minimum atomic E-state index is -0.274. The summed E-state index contributed by atoms with van der Waals surface area (Å²) >= 11 is 0. The van der Waals surface area contributed by atoms with Crippen molar-refractivity contribution in [3.63, 3.8) is 0 Å². The molecule has 28 heavy (non-hydrogen) atoms. The van der Waals surface area contributed by atoms with Gasteiger partial charge in [-0.05, 0) is 48.2 Å². The van der Waals surface area contributed by atoms with Crippen LogP contribution in [0.5, 0.6) is 5.75 Å². The summed E-state index contributed by atoms with van der Waals surface area (Å²) in [5, 5.41) is 11.6. The Balaban J connectivity index is 1.56. The fourth-order valence-corrected chi connectivity index (χ4v) is 3.40. The topological polar surface area (TPSA) is 71.3 Å². The van der Waals surface area contributed by atoms with E-state index in [9.17, 15) is 9.18 Å². The predicted octanol–water partition coefficient (Wildman–Crippen LogP) is 3.14. The maximum absolute atomic E-state index is 13.3. The molecule has 1 fully saturated rings. The number of benzene rings is 2. The van der Waals surface area contributed by atoms with Crippen molar-refractivity contribution < 1.29 is 18.7 Å². The Kier molecular flexibility index (Phi) is 6.62. The Bertz CT molecular complexity index is 822. The molecule has 1 N–H and O–H groups in total. The molecule has 0 aliphatic carbocycles. The van der Waals surface area contributed by atoms with Crippen LogP contribution in [0.25, 0.3) is 0 Å². The lowest BCUT2D eigenvalue weighted by molar-refractivity contribution is -0.123. The van der Waals surface area contributed by atoms with Gasteiger partial charge in [-0.3, -0.25) is 4.79 Å². The number of nitrogens with zero attached hydrogens (tertiary/aromatic N) is 1. The molecule has 0 spiro atoms. The number of hydrogen-bond donors (Lipinski definition) is 1. The molecule has 0 unspecified atom stereocenters. The third-order valence-corrected chi connectivity index (χ3v) is 5.11. The zero-order valence-corrected chi connectivity index (χ0v) is 15.6. The monoisotopic (exact) mass is 382 g/mol. The molecule has 0 aromatic heterocycles. The van der Waals surface area contributed by atoms with Gasteiger partial charge in [0.05, 0.1) is 12.5 Å². The third kappa shape index (κ3) is 5.08. The average Bonchev–Trinajstić information content (AvgIpc) is 2.73. The van der Waals surface area contributed by atoms with Crippen LogP contribution in [0.1, 0.15) is 24.0 Å². The third-order valence-electron chi connectivity index (χ3n) is 5.11. The van der Waals surface area contributed by atoms with Gasteiger partial charge in [0.1, 0.15) is 11.6 Å². The number of nitriles is 1. The highest BCUT2D eigenvalue weighted by molar-refractivity contribution is 5.77. The van der Waals surface area contributed by atoms with Gasteiger partial charge in [0.25, 0.3) is 5.91 Å². The lowest BCUT2D eigenvalue weighted by atomic mass is 9.74. The van der Waals surface area contributed by atoms with E-state index in [0.717, 1.165) is 24.0 Å². The van der Waals surface area contributed by atoms with Crippen molar-refractivity contribution in [3.8, 4) is 11.8 Å². The summed E-state index contributed by atoms with van der Waals surface area (Å²) in [7, 11) is 0. The fraction of sp³-hybridized carbons (Fsp3) is 0.364. The molecule has 3 rings (SSSR count). The number of halogens is 1. The molecule has 0 bridgehead atoms. The van der Waals surface area contributed by atoms with Crippen molar-refractivity contribution in [1.82, 2.24) is 5.32 Å². The van der Waals surface area contributed by atoms with Gasteiger partial charge in [0.2, 0.25) is 0 Å². The summed E-state index contributed by atoms with van der Waals surface area (Å²) in [6.07, 6.45) is 1.87. The zero-order chi connectivity index (χ0) is 19.8. The second-order valence-corrected chi connectivity index (χ2v) is 6.94. The van der Waals surface area contributed by atoms with E-state index in [-0.39, 0.29) is 23.7 Å². The number of amides is 1. The maximum Gasteiger partial charge on any atom is 0.257 e. The average molecular weight is 382 g/mol. The Morgan fingerprint density at radius 1 is 1.14 bits per heavy atom. The van der Waals surface area contributed by atoms with Crippen LogP contribution in [-0.4, -0.2) is 32.3 Å². The molecule has 2 aromatic carbocycles. The summed E-state index contributed by atoms with van der Waals surface area (Å²) in [5.74, 6) is 0.0921. The van der Waals surface area contributed by atoms with Crippen molar-refractivity contribution in [2.45, 2.75) is 24.7 Å². The number of nitrogens with one attached hydrogen (secondary N) is 1. The van der Waals surface area contributed by atoms with E-state index in [1.54, 1.807) is 24.3 Å². The van der Waals surface area contributed by atoms with Gasteiger partial charge in [-0.25, -0.2) is 4.39 Å². The van der Waals surface area contributed by atoms with Crippen molar-refractivity contribution >= 4 is 5.91 Å². The lowest BCUT2D eigenvalue weighted by Crippen LogP contribution is -2.45. The molecule has 0 atom stereocenters. The second kappa shape index (κ2) is 9.34. The molecule has 0 saturated carbocycles. The first-order valence-corrected chi connectivity index (χ1v) is 9.30. The van der Waals surface area contributed by atoms with Crippen LogP contribution >= 0.6 is 0 Å². The molecule has 6 heteroatoms. The molecule has 1 heterocycles. The summed E-state index contributed by atoms with van der Waals surface area (Å²) in [5.41, 5.74) is 1.65. The Hall–Kier alpha value is -2.91. The smallest absolute Gasteiger partial charge is 0.257 e. The number of hydrogen-bond acceptors (Lipinski definition) is 4. The molecule has 2 aromatic rings. The van der Waals surface area contributed by atoms with Gasteiger partial charge >= 0.3 is 0 Å². The predicted molar refractivity (Wildman–Crippen MR) is 102 cm³/mol. The molecule has 1 amide bonds. The molecular weight excluding hydrogens is 359 g/mol. The molecule has 0 radical (unpaired) electrons. The SMILES string of the molecule is N#CCc1ccc(OCC(=O)NCC2(c3ccc(F)cc3)CCOCC2)cc1. The standard InChI is InChI=1S/C22H23FN2O3/c23-19-5-3-18(4-6-19)22(10-13-27-14-11-22)16-25-21(26)15-28-20-7-1-17(2-8-20)9-12-24/h1-8H,9-11,13-16H2,(H,25,26). The van der Waals surface area contributed by atoms with Crippen LogP contribution < -0.4 is 10.1 Å². The number of carbonyl (C=O) groups excluding carboxylic acids is 1. The van der Waals surface area contributed by atoms with Gasteiger partial charge in [-0.15, -0.1) is 0 Å². The van der Waals surface area contributed by atoms with Crippen molar-refractivity contribution in [2.24, 2.45) is 0 Å². The van der Waals surface area contributed by atoms with Crippen LogP contribution in [0.4, 0.5) is 4.39 Å². The van der Waals surface area contributed by atoms with E-state index in [2.05, 4.69) is 11.4 Å². The molecular formula is C22H23FN2O3. The quantitative estimate of drug-likeness (QED) is 0.799. The zero-order valence-electron chi connectivity index (χ0n) is 15.6. The molecule has 146 valence electrons. The van der Waals surface area contributed by atoms with Crippen LogP contribution in [0, 0.1) is 17.1 Å². The first-order valence-electron chi connectivity index (χ1n) is 9.30. The second-order valence-electron chi connectivity index (χ2n) is 6.94. The Morgan fingerprint density at radius 2 is 1.82 bits per heavy atom. The first-order chi connectivity index (χ1) is 13.6. The van der Waals surface area contributed by atoms with E-state index >= 15 is 0 Å². The van der Waals surface area contributed by atoms with E-state index in [0.29, 0.717) is 31.9 Å².